The molecule has 2 aromatic heterocycles. The molecule has 0 spiro atoms. The van der Waals surface area contributed by atoms with Gasteiger partial charge in [-0.1, -0.05) is 26.0 Å². The standard InChI is InChI=1S/C20H25N5O2/c1-15(2)16-5-7-18(8-6-16)27-14-25-12-10-19(22-25)20(26)23(3)13-17-9-11-24(4)21-17/h5-12,15H,13-14H2,1-4H3. The van der Waals surface area contributed by atoms with E-state index in [1.165, 1.54) is 5.56 Å². The Morgan fingerprint density at radius 2 is 1.85 bits per heavy atom. The van der Waals surface area contributed by atoms with Gasteiger partial charge in [0.15, 0.2) is 12.4 Å². The molecule has 0 saturated heterocycles. The van der Waals surface area contributed by atoms with Crippen molar-refractivity contribution < 1.29 is 9.53 Å². The number of hydrogen-bond donors (Lipinski definition) is 0. The normalized spacial score (nSPS) is 11.0. The van der Waals surface area contributed by atoms with Gasteiger partial charge in [0.05, 0.1) is 12.2 Å². The fraction of sp³-hybridized carbons (Fsp3) is 0.350. The average Bonchev–Trinajstić information content (AvgIpc) is 3.28. The lowest BCUT2D eigenvalue weighted by atomic mass is 10.0. The van der Waals surface area contributed by atoms with Crippen LogP contribution in [-0.4, -0.2) is 37.4 Å². The van der Waals surface area contributed by atoms with E-state index in [0.717, 1.165) is 11.4 Å². The van der Waals surface area contributed by atoms with E-state index in [1.54, 1.807) is 33.6 Å². The van der Waals surface area contributed by atoms with Gasteiger partial charge in [0, 0.05) is 26.5 Å². The summed E-state index contributed by atoms with van der Waals surface area (Å²) in [7, 11) is 3.59. The van der Waals surface area contributed by atoms with Crippen LogP contribution in [0.25, 0.3) is 0 Å². The van der Waals surface area contributed by atoms with E-state index in [0.29, 0.717) is 18.2 Å². The van der Waals surface area contributed by atoms with E-state index in [1.807, 2.05) is 31.4 Å². The number of aromatic nitrogens is 4. The molecule has 0 aliphatic heterocycles. The third-order valence-electron chi connectivity index (χ3n) is 4.28. The summed E-state index contributed by atoms with van der Waals surface area (Å²) in [6, 6.07) is 11.6. The lowest BCUT2D eigenvalue weighted by molar-refractivity contribution is 0.0775. The molecule has 0 aliphatic rings. The van der Waals surface area contributed by atoms with Crippen LogP contribution in [-0.2, 0) is 20.3 Å². The van der Waals surface area contributed by atoms with E-state index in [4.69, 9.17) is 4.74 Å². The van der Waals surface area contributed by atoms with E-state index in [9.17, 15) is 4.79 Å². The van der Waals surface area contributed by atoms with Gasteiger partial charge in [0.2, 0.25) is 0 Å². The van der Waals surface area contributed by atoms with Crippen LogP contribution >= 0.6 is 0 Å². The number of amides is 1. The first-order chi connectivity index (χ1) is 12.9. The van der Waals surface area contributed by atoms with Gasteiger partial charge in [-0.05, 0) is 35.7 Å². The molecule has 0 radical (unpaired) electrons. The third kappa shape index (κ3) is 4.75. The fourth-order valence-electron chi connectivity index (χ4n) is 2.70. The number of carbonyl (C=O) groups is 1. The summed E-state index contributed by atoms with van der Waals surface area (Å²) >= 11 is 0. The number of ether oxygens (including phenoxy) is 1. The highest BCUT2D eigenvalue weighted by molar-refractivity contribution is 5.91. The zero-order chi connectivity index (χ0) is 19.4. The van der Waals surface area contributed by atoms with Crippen LogP contribution < -0.4 is 4.74 Å². The minimum Gasteiger partial charge on any atom is -0.471 e. The van der Waals surface area contributed by atoms with Crippen LogP contribution in [0.3, 0.4) is 0 Å². The highest BCUT2D eigenvalue weighted by Gasteiger charge is 2.16. The summed E-state index contributed by atoms with van der Waals surface area (Å²) in [5.41, 5.74) is 2.48. The van der Waals surface area contributed by atoms with Crippen molar-refractivity contribution in [2.45, 2.75) is 33.0 Å². The Kier molecular flexibility index (Phi) is 5.59. The molecule has 2 heterocycles. The molecule has 27 heavy (non-hydrogen) atoms. The van der Waals surface area contributed by atoms with E-state index < -0.39 is 0 Å². The maximum atomic E-state index is 12.5. The summed E-state index contributed by atoms with van der Waals surface area (Å²) in [6.07, 6.45) is 3.59. The minimum atomic E-state index is -0.152. The second-order valence-corrected chi connectivity index (χ2v) is 6.88. The van der Waals surface area contributed by atoms with Crippen LogP contribution in [0, 0.1) is 0 Å². The van der Waals surface area contributed by atoms with Gasteiger partial charge in [-0.25, -0.2) is 4.68 Å². The van der Waals surface area contributed by atoms with Crippen molar-refractivity contribution in [2.75, 3.05) is 7.05 Å². The Hall–Kier alpha value is -3.09. The monoisotopic (exact) mass is 367 g/mol. The number of rotatable bonds is 7. The van der Waals surface area contributed by atoms with Gasteiger partial charge in [-0.3, -0.25) is 9.48 Å². The van der Waals surface area contributed by atoms with Gasteiger partial charge < -0.3 is 9.64 Å². The SMILES string of the molecule is CC(C)c1ccc(OCn2ccc(C(=O)N(C)Cc3ccn(C)n3)n2)cc1. The Labute approximate surface area is 159 Å². The fourth-order valence-corrected chi connectivity index (χ4v) is 2.70. The molecule has 0 bridgehead atoms. The molecule has 142 valence electrons. The van der Waals surface area contributed by atoms with E-state index in [-0.39, 0.29) is 12.6 Å². The lowest BCUT2D eigenvalue weighted by Gasteiger charge is -2.14. The number of aryl methyl sites for hydroxylation is 1. The van der Waals surface area contributed by atoms with Gasteiger partial charge >= 0.3 is 0 Å². The van der Waals surface area contributed by atoms with Crippen LogP contribution in [0.2, 0.25) is 0 Å². The van der Waals surface area contributed by atoms with Crippen molar-refractivity contribution in [3.05, 3.63) is 65.7 Å². The first-order valence-corrected chi connectivity index (χ1v) is 8.92. The van der Waals surface area contributed by atoms with Gasteiger partial charge in [-0.15, -0.1) is 0 Å². The van der Waals surface area contributed by atoms with Crippen LogP contribution in [0.15, 0.2) is 48.8 Å². The summed E-state index contributed by atoms with van der Waals surface area (Å²) in [4.78, 5) is 14.1. The Bertz CT molecular complexity index is 895. The van der Waals surface area contributed by atoms with Crippen molar-refractivity contribution in [2.24, 2.45) is 7.05 Å². The highest BCUT2D eigenvalue weighted by Crippen LogP contribution is 2.18. The van der Waals surface area contributed by atoms with Gasteiger partial charge in [-0.2, -0.15) is 10.2 Å². The second kappa shape index (κ2) is 8.07. The Morgan fingerprint density at radius 3 is 2.48 bits per heavy atom. The smallest absolute Gasteiger partial charge is 0.274 e. The molecule has 0 unspecified atom stereocenters. The average molecular weight is 367 g/mol. The molecule has 1 aromatic carbocycles. The molecule has 0 aliphatic carbocycles. The van der Waals surface area contributed by atoms with Crippen molar-refractivity contribution in [3.63, 3.8) is 0 Å². The van der Waals surface area contributed by atoms with E-state index >= 15 is 0 Å². The van der Waals surface area contributed by atoms with E-state index in [2.05, 4.69) is 36.2 Å². The minimum absolute atomic E-state index is 0.152. The van der Waals surface area contributed by atoms with Crippen LogP contribution in [0.4, 0.5) is 0 Å². The lowest BCUT2D eigenvalue weighted by Crippen LogP contribution is -2.27. The van der Waals surface area contributed by atoms with Crippen molar-refractivity contribution in [1.29, 1.82) is 0 Å². The van der Waals surface area contributed by atoms with Gasteiger partial charge in [0.1, 0.15) is 5.75 Å². The second-order valence-electron chi connectivity index (χ2n) is 6.88. The maximum Gasteiger partial charge on any atom is 0.274 e. The first-order valence-electron chi connectivity index (χ1n) is 8.92. The number of benzene rings is 1. The van der Waals surface area contributed by atoms with Crippen molar-refractivity contribution in [1.82, 2.24) is 24.5 Å². The largest absolute Gasteiger partial charge is 0.471 e. The predicted octanol–water partition coefficient (Wildman–Crippen LogP) is 3.05. The first kappa shape index (κ1) is 18.7. The van der Waals surface area contributed by atoms with Crippen LogP contribution in [0.5, 0.6) is 5.75 Å². The highest BCUT2D eigenvalue weighted by atomic mass is 16.5. The molecular weight excluding hydrogens is 342 g/mol. The zero-order valence-electron chi connectivity index (χ0n) is 16.2. The third-order valence-corrected chi connectivity index (χ3v) is 4.28. The molecule has 7 nitrogen and oxygen atoms in total. The molecule has 3 aromatic rings. The number of carbonyl (C=O) groups excluding carboxylic acids is 1. The summed E-state index contributed by atoms with van der Waals surface area (Å²) in [5, 5.41) is 8.60. The maximum absolute atomic E-state index is 12.5. The molecule has 0 fully saturated rings. The Morgan fingerprint density at radius 1 is 1.11 bits per heavy atom. The quantitative estimate of drug-likeness (QED) is 0.644. The molecule has 0 N–H and O–H groups in total. The molecular formula is C20H25N5O2. The summed E-state index contributed by atoms with van der Waals surface area (Å²) in [6.45, 7) is 5.00. The molecule has 0 atom stereocenters. The number of nitrogens with zero attached hydrogens (tertiary/aromatic N) is 5. The molecule has 3 rings (SSSR count). The van der Waals surface area contributed by atoms with Crippen molar-refractivity contribution >= 4 is 5.91 Å². The molecule has 7 heteroatoms. The topological polar surface area (TPSA) is 65.2 Å². The predicted molar refractivity (Wildman–Crippen MR) is 102 cm³/mol. The van der Waals surface area contributed by atoms with Gasteiger partial charge in [0.25, 0.3) is 5.91 Å². The number of hydrogen-bond acceptors (Lipinski definition) is 4. The zero-order valence-corrected chi connectivity index (χ0v) is 16.2. The Balaban J connectivity index is 1.56. The van der Waals surface area contributed by atoms with Crippen molar-refractivity contribution in [3.8, 4) is 5.75 Å². The molecule has 0 saturated carbocycles. The summed E-state index contributed by atoms with van der Waals surface area (Å²) in [5.74, 6) is 1.11. The van der Waals surface area contributed by atoms with Crippen LogP contribution in [0.1, 0.15) is 41.5 Å². The summed E-state index contributed by atoms with van der Waals surface area (Å²) < 4.78 is 9.07. The molecule has 1 amide bonds.